The quantitative estimate of drug-likeness (QED) is 0.667. The maximum Gasteiger partial charge on any atom is 0.129 e. The van der Waals surface area contributed by atoms with Gasteiger partial charge in [0.15, 0.2) is 0 Å². The lowest BCUT2D eigenvalue weighted by atomic mass is 9.99. The van der Waals surface area contributed by atoms with Gasteiger partial charge in [0.1, 0.15) is 11.6 Å². The van der Waals surface area contributed by atoms with E-state index in [0.717, 1.165) is 16.1 Å². The van der Waals surface area contributed by atoms with Gasteiger partial charge in [0, 0.05) is 10.5 Å². The molecule has 0 aliphatic rings. The second-order valence-corrected chi connectivity index (χ2v) is 5.13. The van der Waals surface area contributed by atoms with Gasteiger partial charge in [-0.3, -0.25) is 11.3 Å². The van der Waals surface area contributed by atoms with Crippen LogP contribution in [-0.2, 0) is 6.42 Å². The van der Waals surface area contributed by atoms with Gasteiger partial charge < -0.3 is 0 Å². The Hall–Kier alpha value is -1.30. The van der Waals surface area contributed by atoms with Crippen molar-refractivity contribution in [3.63, 3.8) is 0 Å². The van der Waals surface area contributed by atoms with Crippen molar-refractivity contribution in [2.45, 2.75) is 12.5 Å². The molecule has 1 unspecified atom stereocenters. The van der Waals surface area contributed by atoms with E-state index in [1.54, 1.807) is 0 Å². The molecule has 2 aromatic carbocycles. The topological polar surface area (TPSA) is 38.0 Å². The first-order valence-corrected chi connectivity index (χ1v) is 6.55. The molecule has 100 valence electrons. The molecule has 0 amide bonds. The second-order valence-electron chi connectivity index (χ2n) is 4.21. The second kappa shape index (κ2) is 6.23. The predicted molar refractivity (Wildman–Crippen MR) is 74.3 cm³/mol. The first-order valence-electron chi connectivity index (χ1n) is 5.75. The average Bonchev–Trinajstić information content (AvgIpc) is 2.39. The largest absolute Gasteiger partial charge is 0.271 e. The summed E-state index contributed by atoms with van der Waals surface area (Å²) in [4.78, 5) is 0. The van der Waals surface area contributed by atoms with E-state index in [9.17, 15) is 8.78 Å². The molecular formula is C14H13BrF2N2. The first-order chi connectivity index (χ1) is 9.10. The summed E-state index contributed by atoms with van der Waals surface area (Å²) < 4.78 is 27.4. The first kappa shape index (κ1) is 14.1. The number of hydrogen-bond donors (Lipinski definition) is 2. The van der Waals surface area contributed by atoms with Gasteiger partial charge in [-0.05, 0) is 35.7 Å². The third-order valence-electron chi connectivity index (χ3n) is 2.91. The molecule has 1 atom stereocenters. The van der Waals surface area contributed by atoms with Crippen molar-refractivity contribution in [2.75, 3.05) is 0 Å². The maximum atomic E-state index is 13.6. The Morgan fingerprint density at radius 2 is 1.79 bits per heavy atom. The smallest absolute Gasteiger partial charge is 0.129 e. The number of hydrogen-bond acceptors (Lipinski definition) is 2. The predicted octanol–water partition coefficient (Wildman–Crippen LogP) is 3.47. The number of benzene rings is 2. The highest BCUT2D eigenvalue weighted by Crippen LogP contribution is 2.21. The summed E-state index contributed by atoms with van der Waals surface area (Å²) in [6, 6.07) is 10.9. The lowest BCUT2D eigenvalue weighted by molar-refractivity contribution is 0.522. The molecule has 0 heterocycles. The van der Waals surface area contributed by atoms with Gasteiger partial charge in [-0.1, -0.05) is 34.1 Å². The van der Waals surface area contributed by atoms with Crippen molar-refractivity contribution in [3.8, 4) is 0 Å². The molecule has 0 aromatic heterocycles. The van der Waals surface area contributed by atoms with E-state index in [1.807, 2.05) is 24.3 Å². The lowest BCUT2D eigenvalue weighted by Crippen LogP contribution is -2.29. The monoisotopic (exact) mass is 326 g/mol. The molecule has 0 bridgehead atoms. The molecule has 0 saturated carbocycles. The van der Waals surface area contributed by atoms with Crippen LogP contribution in [0.4, 0.5) is 8.78 Å². The Morgan fingerprint density at radius 1 is 1.11 bits per heavy atom. The molecule has 0 aliphatic heterocycles. The molecule has 2 nitrogen and oxygen atoms in total. The van der Waals surface area contributed by atoms with Crippen LogP contribution >= 0.6 is 15.9 Å². The van der Waals surface area contributed by atoms with Crippen molar-refractivity contribution >= 4 is 15.9 Å². The molecule has 0 spiro atoms. The van der Waals surface area contributed by atoms with E-state index in [0.29, 0.717) is 12.0 Å². The highest BCUT2D eigenvalue weighted by molar-refractivity contribution is 9.10. The molecule has 0 saturated heterocycles. The van der Waals surface area contributed by atoms with Crippen LogP contribution in [0.25, 0.3) is 0 Å². The lowest BCUT2D eigenvalue weighted by Gasteiger charge is -2.17. The molecule has 5 heteroatoms. The summed E-state index contributed by atoms with van der Waals surface area (Å²) in [7, 11) is 0. The molecule has 2 rings (SSSR count). The van der Waals surface area contributed by atoms with Crippen LogP contribution in [0, 0.1) is 11.6 Å². The van der Waals surface area contributed by atoms with Crippen molar-refractivity contribution in [1.29, 1.82) is 0 Å². The number of halogens is 3. The number of hydrazine groups is 1. The molecule has 2 aromatic rings. The van der Waals surface area contributed by atoms with E-state index in [2.05, 4.69) is 21.4 Å². The fourth-order valence-electron chi connectivity index (χ4n) is 1.88. The molecule has 0 fully saturated rings. The number of nitrogens with two attached hydrogens (primary N) is 1. The number of rotatable bonds is 4. The van der Waals surface area contributed by atoms with Crippen molar-refractivity contribution in [1.82, 2.24) is 5.43 Å². The summed E-state index contributed by atoms with van der Waals surface area (Å²) in [5, 5.41) is 0. The van der Waals surface area contributed by atoms with Crippen LogP contribution in [0.2, 0.25) is 0 Å². The third kappa shape index (κ3) is 3.59. The van der Waals surface area contributed by atoms with Gasteiger partial charge >= 0.3 is 0 Å². The summed E-state index contributed by atoms with van der Waals surface area (Å²) >= 11 is 3.35. The average molecular weight is 327 g/mol. The fourth-order valence-corrected chi connectivity index (χ4v) is 2.14. The van der Waals surface area contributed by atoms with Gasteiger partial charge in [0.2, 0.25) is 0 Å². The summed E-state index contributed by atoms with van der Waals surface area (Å²) in [5.41, 5.74) is 4.02. The van der Waals surface area contributed by atoms with Crippen molar-refractivity contribution in [2.24, 2.45) is 5.84 Å². The Labute approximate surface area is 118 Å². The third-order valence-corrected chi connectivity index (χ3v) is 3.44. The normalized spacial score (nSPS) is 12.4. The molecule has 0 aliphatic carbocycles. The Morgan fingerprint density at radius 3 is 2.37 bits per heavy atom. The minimum absolute atomic E-state index is 0.229. The molecular weight excluding hydrogens is 314 g/mol. The van der Waals surface area contributed by atoms with Crippen LogP contribution in [-0.4, -0.2) is 0 Å². The molecule has 19 heavy (non-hydrogen) atoms. The Balaban J connectivity index is 2.21. The maximum absolute atomic E-state index is 13.6. The van der Waals surface area contributed by atoms with E-state index in [4.69, 9.17) is 5.84 Å². The molecule has 0 radical (unpaired) electrons. The minimum atomic E-state index is -0.581. The van der Waals surface area contributed by atoms with Crippen LogP contribution in [0.1, 0.15) is 17.2 Å². The van der Waals surface area contributed by atoms with E-state index >= 15 is 0 Å². The van der Waals surface area contributed by atoms with Crippen LogP contribution in [0.15, 0.2) is 46.9 Å². The Bertz CT molecular complexity index is 558. The SMILES string of the molecule is NNC(Cc1ccc(F)cc1F)c1ccc(Br)cc1. The fraction of sp³-hybridized carbons (Fsp3) is 0.143. The van der Waals surface area contributed by atoms with Crippen LogP contribution in [0.5, 0.6) is 0 Å². The summed E-state index contributed by atoms with van der Waals surface area (Å²) in [6.07, 6.45) is 0.351. The van der Waals surface area contributed by atoms with Gasteiger partial charge in [-0.25, -0.2) is 8.78 Å². The van der Waals surface area contributed by atoms with Crippen molar-refractivity contribution in [3.05, 3.63) is 69.7 Å². The zero-order valence-electron chi connectivity index (χ0n) is 10.0. The van der Waals surface area contributed by atoms with Gasteiger partial charge in [-0.15, -0.1) is 0 Å². The van der Waals surface area contributed by atoms with Gasteiger partial charge in [-0.2, -0.15) is 0 Å². The summed E-state index contributed by atoms with van der Waals surface area (Å²) in [5.74, 6) is 4.37. The highest BCUT2D eigenvalue weighted by atomic mass is 79.9. The van der Waals surface area contributed by atoms with E-state index in [1.165, 1.54) is 12.1 Å². The minimum Gasteiger partial charge on any atom is -0.271 e. The van der Waals surface area contributed by atoms with Crippen molar-refractivity contribution < 1.29 is 8.78 Å². The number of nitrogens with one attached hydrogen (secondary N) is 1. The van der Waals surface area contributed by atoms with Gasteiger partial charge in [0.25, 0.3) is 0 Å². The highest BCUT2D eigenvalue weighted by Gasteiger charge is 2.13. The van der Waals surface area contributed by atoms with E-state index in [-0.39, 0.29) is 6.04 Å². The standard InChI is InChI=1S/C14H13BrF2N2/c15-11-4-1-9(2-5-11)14(19-18)7-10-3-6-12(16)8-13(10)17/h1-6,8,14,19H,7,18H2. The summed E-state index contributed by atoms with van der Waals surface area (Å²) in [6.45, 7) is 0. The van der Waals surface area contributed by atoms with Gasteiger partial charge in [0.05, 0.1) is 6.04 Å². The zero-order chi connectivity index (χ0) is 13.8. The Kier molecular flexibility index (Phi) is 4.63. The van der Waals surface area contributed by atoms with Crippen LogP contribution in [0.3, 0.4) is 0 Å². The zero-order valence-corrected chi connectivity index (χ0v) is 11.6. The van der Waals surface area contributed by atoms with E-state index < -0.39 is 11.6 Å². The van der Waals surface area contributed by atoms with Crippen LogP contribution < -0.4 is 11.3 Å². The molecule has 3 N–H and O–H groups in total.